The first-order valence-corrected chi connectivity index (χ1v) is 6.18. The molecule has 0 atom stereocenters. The average Bonchev–Trinajstić information content (AvgIpc) is 2.21. The van der Waals surface area contributed by atoms with E-state index in [9.17, 15) is 4.79 Å². The third-order valence-electron chi connectivity index (χ3n) is 1.74. The number of unbranched alkanes of at least 4 members (excludes halogenated alkanes) is 2. The molecular formula is C9H18INO3. The number of carbonyl (C=O) groups excluding carboxylic acids is 1. The fraction of sp³-hybridized carbons (Fsp3) is 0.889. The lowest BCUT2D eigenvalue weighted by atomic mass is 10.2. The van der Waals surface area contributed by atoms with Crippen molar-refractivity contribution in [2.75, 3.05) is 31.9 Å². The van der Waals surface area contributed by atoms with E-state index >= 15 is 0 Å². The largest absolute Gasteiger partial charge is 0.509 e. The summed E-state index contributed by atoms with van der Waals surface area (Å²) in [6.45, 7) is 1.25. The topological polar surface area (TPSA) is 38.8 Å². The van der Waals surface area contributed by atoms with Crippen LogP contribution in [0.25, 0.3) is 0 Å². The molecule has 84 valence electrons. The molecule has 0 saturated carbocycles. The number of rotatable bonds is 7. The van der Waals surface area contributed by atoms with Gasteiger partial charge in [-0.05, 0) is 24.3 Å². The molecule has 0 aliphatic heterocycles. The van der Waals surface area contributed by atoms with Gasteiger partial charge in [-0.25, -0.2) is 4.79 Å². The Morgan fingerprint density at radius 2 is 2.07 bits per heavy atom. The normalized spacial score (nSPS) is 10.3. The third kappa shape index (κ3) is 8.55. The summed E-state index contributed by atoms with van der Waals surface area (Å²) in [6.07, 6.45) is 3.01. The monoisotopic (exact) mass is 315 g/mol. The van der Waals surface area contributed by atoms with Gasteiger partial charge in [0.05, 0.1) is 7.11 Å². The molecule has 0 aliphatic rings. The Balaban J connectivity index is 3.27. The SMILES string of the molecule is COC(=O)OCN(C)CCCCCI. The number of carbonyl (C=O) groups is 1. The minimum atomic E-state index is -0.621. The van der Waals surface area contributed by atoms with Crippen molar-refractivity contribution in [3.8, 4) is 0 Å². The maximum atomic E-state index is 10.6. The average molecular weight is 315 g/mol. The van der Waals surface area contributed by atoms with Crippen LogP contribution in [0.5, 0.6) is 0 Å². The first kappa shape index (κ1) is 14.0. The molecule has 14 heavy (non-hydrogen) atoms. The summed E-state index contributed by atoms with van der Waals surface area (Å²) >= 11 is 2.38. The molecule has 0 rings (SSSR count). The number of halogens is 1. The molecule has 4 nitrogen and oxygen atoms in total. The highest BCUT2D eigenvalue weighted by molar-refractivity contribution is 14.1. The number of alkyl halides is 1. The van der Waals surface area contributed by atoms with Crippen LogP contribution in [0.15, 0.2) is 0 Å². The van der Waals surface area contributed by atoms with E-state index in [1.807, 2.05) is 11.9 Å². The lowest BCUT2D eigenvalue weighted by Crippen LogP contribution is -2.25. The highest BCUT2D eigenvalue weighted by atomic mass is 127. The van der Waals surface area contributed by atoms with Gasteiger partial charge in [-0.2, -0.15) is 0 Å². The molecule has 0 aromatic carbocycles. The predicted molar refractivity (Wildman–Crippen MR) is 63.7 cm³/mol. The molecule has 0 radical (unpaired) electrons. The lowest BCUT2D eigenvalue weighted by molar-refractivity contribution is 0.0318. The number of ether oxygens (including phenoxy) is 2. The Bertz CT molecular complexity index is 155. The van der Waals surface area contributed by atoms with Crippen LogP contribution in [0.3, 0.4) is 0 Å². The van der Waals surface area contributed by atoms with Gasteiger partial charge >= 0.3 is 6.16 Å². The summed E-state index contributed by atoms with van der Waals surface area (Å²) in [7, 11) is 3.23. The van der Waals surface area contributed by atoms with Gasteiger partial charge < -0.3 is 9.47 Å². The van der Waals surface area contributed by atoms with E-state index < -0.39 is 6.16 Å². The van der Waals surface area contributed by atoms with E-state index in [1.54, 1.807) is 0 Å². The van der Waals surface area contributed by atoms with E-state index in [1.165, 1.54) is 24.4 Å². The number of methoxy groups -OCH3 is 1. The molecule has 0 fully saturated rings. The summed E-state index contributed by atoms with van der Waals surface area (Å²) in [5.41, 5.74) is 0. The van der Waals surface area contributed by atoms with E-state index in [-0.39, 0.29) is 0 Å². The highest BCUT2D eigenvalue weighted by Gasteiger charge is 2.03. The van der Waals surface area contributed by atoms with Crippen molar-refractivity contribution in [2.45, 2.75) is 19.3 Å². The molecule has 0 amide bonds. The Morgan fingerprint density at radius 1 is 1.36 bits per heavy atom. The van der Waals surface area contributed by atoms with Crippen molar-refractivity contribution < 1.29 is 14.3 Å². The molecule has 0 spiro atoms. The fourth-order valence-corrected chi connectivity index (χ4v) is 1.48. The van der Waals surface area contributed by atoms with Crippen LogP contribution in [-0.2, 0) is 9.47 Å². The Labute approximate surface area is 99.1 Å². The Kier molecular flexibility index (Phi) is 9.49. The van der Waals surface area contributed by atoms with E-state index in [4.69, 9.17) is 4.74 Å². The van der Waals surface area contributed by atoms with Crippen LogP contribution in [-0.4, -0.2) is 42.9 Å². The highest BCUT2D eigenvalue weighted by Crippen LogP contribution is 2.00. The number of hydrogen-bond donors (Lipinski definition) is 0. The summed E-state index contributed by atoms with van der Waals surface area (Å²) < 4.78 is 10.3. The van der Waals surface area contributed by atoms with Crippen molar-refractivity contribution in [2.24, 2.45) is 0 Å². The van der Waals surface area contributed by atoms with Crippen molar-refractivity contribution in [1.82, 2.24) is 4.90 Å². The van der Waals surface area contributed by atoms with Crippen molar-refractivity contribution in [3.63, 3.8) is 0 Å². The van der Waals surface area contributed by atoms with Gasteiger partial charge in [-0.1, -0.05) is 29.0 Å². The zero-order valence-corrected chi connectivity index (χ0v) is 11.0. The quantitative estimate of drug-likeness (QED) is 0.237. The summed E-state index contributed by atoms with van der Waals surface area (Å²) in [5, 5.41) is 0. The standard InChI is InChI=1S/C9H18INO3/c1-11(7-5-3-4-6-10)8-14-9(12)13-2/h3-8H2,1-2H3. The second-order valence-corrected chi connectivity index (χ2v) is 4.14. The van der Waals surface area contributed by atoms with Gasteiger partial charge in [0.25, 0.3) is 0 Å². The molecule has 0 heterocycles. The second-order valence-electron chi connectivity index (χ2n) is 3.06. The van der Waals surface area contributed by atoms with Crippen LogP contribution in [0, 0.1) is 0 Å². The summed E-state index contributed by atoms with van der Waals surface area (Å²) in [5.74, 6) is 0. The molecule has 0 unspecified atom stereocenters. The van der Waals surface area contributed by atoms with Gasteiger partial charge in [-0.15, -0.1) is 0 Å². The number of hydrogen-bond acceptors (Lipinski definition) is 4. The van der Waals surface area contributed by atoms with Crippen LogP contribution in [0.4, 0.5) is 4.79 Å². The Hall–Kier alpha value is -0.0400. The smallest absolute Gasteiger partial charge is 0.438 e. The maximum Gasteiger partial charge on any atom is 0.509 e. The fourth-order valence-electron chi connectivity index (χ4n) is 0.939. The molecule has 0 aliphatic carbocycles. The predicted octanol–water partition coefficient (Wildman–Crippen LogP) is 2.26. The van der Waals surface area contributed by atoms with Gasteiger partial charge in [0.1, 0.15) is 6.73 Å². The molecule has 0 aromatic heterocycles. The van der Waals surface area contributed by atoms with Crippen LogP contribution >= 0.6 is 22.6 Å². The van der Waals surface area contributed by atoms with Gasteiger partial charge in [0, 0.05) is 6.54 Å². The minimum Gasteiger partial charge on any atom is -0.438 e. The maximum absolute atomic E-state index is 10.6. The molecule has 0 aromatic rings. The van der Waals surface area contributed by atoms with Crippen LogP contribution in [0.1, 0.15) is 19.3 Å². The van der Waals surface area contributed by atoms with E-state index in [0.717, 1.165) is 13.0 Å². The van der Waals surface area contributed by atoms with Crippen LogP contribution in [0.2, 0.25) is 0 Å². The van der Waals surface area contributed by atoms with Gasteiger partial charge in [-0.3, -0.25) is 4.90 Å². The van der Waals surface area contributed by atoms with Crippen LogP contribution < -0.4 is 0 Å². The Morgan fingerprint density at radius 3 is 2.64 bits per heavy atom. The first-order valence-electron chi connectivity index (χ1n) is 4.66. The van der Waals surface area contributed by atoms with Gasteiger partial charge in [0.2, 0.25) is 0 Å². The molecule has 5 heteroatoms. The second kappa shape index (κ2) is 9.51. The molecular weight excluding hydrogens is 297 g/mol. The zero-order chi connectivity index (χ0) is 10.8. The zero-order valence-electron chi connectivity index (χ0n) is 8.79. The molecule has 0 N–H and O–H groups in total. The van der Waals surface area contributed by atoms with Crippen molar-refractivity contribution >= 4 is 28.7 Å². The lowest BCUT2D eigenvalue weighted by Gasteiger charge is -2.15. The number of nitrogens with zero attached hydrogens (tertiary/aromatic N) is 1. The summed E-state index contributed by atoms with van der Waals surface area (Å²) in [6, 6.07) is 0. The van der Waals surface area contributed by atoms with Crippen molar-refractivity contribution in [3.05, 3.63) is 0 Å². The van der Waals surface area contributed by atoms with E-state index in [0.29, 0.717) is 6.73 Å². The molecule has 0 bridgehead atoms. The third-order valence-corrected chi connectivity index (χ3v) is 2.51. The van der Waals surface area contributed by atoms with Gasteiger partial charge in [0.15, 0.2) is 0 Å². The molecule has 0 saturated heterocycles. The minimum absolute atomic E-state index is 0.302. The van der Waals surface area contributed by atoms with Crippen molar-refractivity contribution in [1.29, 1.82) is 0 Å². The van der Waals surface area contributed by atoms with E-state index in [2.05, 4.69) is 27.3 Å². The first-order chi connectivity index (χ1) is 6.70. The summed E-state index contributed by atoms with van der Waals surface area (Å²) in [4.78, 5) is 12.6.